The normalized spacial score (nSPS) is 16.4. The summed E-state index contributed by atoms with van der Waals surface area (Å²) < 4.78 is 61.5. The van der Waals surface area contributed by atoms with E-state index in [1.54, 1.807) is 6.07 Å². The van der Waals surface area contributed by atoms with Gasteiger partial charge in [-0.25, -0.2) is 22.2 Å². The Balaban J connectivity index is 1.52. The minimum Gasteiger partial charge on any atom is -0.490 e. The molecule has 4 rings (SSSR count). The van der Waals surface area contributed by atoms with Gasteiger partial charge in [-0.15, -0.1) is 11.3 Å². The average Bonchev–Trinajstić information content (AvgIpc) is 3.28. The molecule has 12 heteroatoms. The molecule has 1 aliphatic heterocycles. The summed E-state index contributed by atoms with van der Waals surface area (Å²) in [5.74, 6) is -1.49. The lowest BCUT2D eigenvalue weighted by molar-refractivity contribution is 0.287. The molecule has 2 aromatic carbocycles. The lowest BCUT2D eigenvalue weighted by Gasteiger charge is -2.26. The van der Waals surface area contributed by atoms with Gasteiger partial charge in [-0.05, 0) is 42.3 Å². The summed E-state index contributed by atoms with van der Waals surface area (Å²) in [6, 6.07) is 6.11. The third-order valence-electron chi connectivity index (χ3n) is 4.88. The number of nitrogens with zero attached hydrogens (tertiary/aromatic N) is 1. The Bertz CT molecular complexity index is 1300. The third-order valence-corrected chi connectivity index (χ3v) is 7.44. The van der Waals surface area contributed by atoms with E-state index in [2.05, 4.69) is 15.0 Å². The summed E-state index contributed by atoms with van der Waals surface area (Å²) in [4.78, 5) is 3.20. The van der Waals surface area contributed by atoms with Crippen molar-refractivity contribution in [2.24, 2.45) is 0 Å². The molecular weight excluding hydrogens is 515 g/mol. The van der Waals surface area contributed by atoms with E-state index in [9.17, 15) is 17.2 Å². The molecule has 2 heterocycles. The third kappa shape index (κ3) is 5.47. The predicted octanol–water partition coefficient (Wildman–Crippen LogP) is 5.35. The van der Waals surface area contributed by atoms with Crippen LogP contribution < -0.4 is 14.8 Å². The Labute approximate surface area is 203 Å². The predicted molar refractivity (Wildman–Crippen MR) is 126 cm³/mol. The molecule has 0 amide bonds. The Morgan fingerprint density at radius 2 is 2.00 bits per heavy atom. The second-order valence-corrected chi connectivity index (χ2v) is 10.3. The fourth-order valence-corrected chi connectivity index (χ4v) is 5.38. The Kier molecular flexibility index (Phi) is 7.20. The number of thiazole rings is 1. The van der Waals surface area contributed by atoms with Gasteiger partial charge in [-0.3, -0.25) is 4.72 Å². The minimum atomic E-state index is -4.23. The number of sulfonamides is 1. The standard InChI is InChI=1S/C21H17Cl2F2N3O3S2/c22-14-4-3-12(6-16(14)24)13-2-1-5-26-18(13)9-31-19-8-17(25)20(7-15(19)23)33(29,30)28-21-10-32-11-27-21/h2-4,6-8,10-11,18,26,28H,1,5,9H2. The van der Waals surface area contributed by atoms with Crippen molar-refractivity contribution in [1.82, 2.24) is 10.3 Å². The first-order valence-electron chi connectivity index (χ1n) is 9.66. The van der Waals surface area contributed by atoms with Crippen LogP contribution in [0.4, 0.5) is 14.6 Å². The molecule has 0 bridgehead atoms. The van der Waals surface area contributed by atoms with Gasteiger partial charge in [0.1, 0.15) is 28.9 Å². The van der Waals surface area contributed by atoms with Crippen molar-refractivity contribution < 1.29 is 21.9 Å². The maximum atomic E-state index is 14.7. The summed E-state index contributed by atoms with van der Waals surface area (Å²) in [7, 11) is -4.23. The Hall–Kier alpha value is -2.24. The number of ether oxygens (including phenoxy) is 1. The molecule has 33 heavy (non-hydrogen) atoms. The van der Waals surface area contributed by atoms with Gasteiger partial charge < -0.3 is 10.1 Å². The number of hydrogen-bond acceptors (Lipinski definition) is 6. The maximum absolute atomic E-state index is 14.7. The summed E-state index contributed by atoms with van der Waals surface area (Å²) in [5.41, 5.74) is 2.89. The first-order chi connectivity index (χ1) is 15.7. The topological polar surface area (TPSA) is 80.3 Å². The van der Waals surface area contributed by atoms with Crippen molar-refractivity contribution in [1.29, 1.82) is 0 Å². The number of anilines is 1. The zero-order chi connectivity index (χ0) is 23.6. The van der Waals surface area contributed by atoms with Crippen LogP contribution in [0.25, 0.3) is 5.57 Å². The van der Waals surface area contributed by atoms with Crippen molar-refractivity contribution in [2.45, 2.75) is 17.4 Å². The number of benzene rings is 2. The van der Waals surface area contributed by atoms with Gasteiger partial charge in [0, 0.05) is 11.4 Å². The van der Waals surface area contributed by atoms with Crippen LogP contribution in [0, 0.1) is 11.6 Å². The number of nitrogens with one attached hydrogen (secondary N) is 2. The van der Waals surface area contributed by atoms with Crippen molar-refractivity contribution in [3.63, 3.8) is 0 Å². The first-order valence-corrected chi connectivity index (χ1v) is 12.8. The highest BCUT2D eigenvalue weighted by molar-refractivity contribution is 7.92. The van der Waals surface area contributed by atoms with Gasteiger partial charge in [-0.2, -0.15) is 0 Å². The van der Waals surface area contributed by atoms with Crippen LogP contribution in [0.15, 0.2) is 52.2 Å². The highest BCUT2D eigenvalue weighted by atomic mass is 35.5. The van der Waals surface area contributed by atoms with Crippen LogP contribution in [-0.4, -0.2) is 32.6 Å². The lowest BCUT2D eigenvalue weighted by Crippen LogP contribution is -2.38. The van der Waals surface area contributed by atoms with E-state index in [1.807, 2.05) is 6.08 Å². The molecular formula is C21H17Cl2F2N3O3S2. The largest absolute Gasteiger partial charge is 0.490 e. The molecule has 0 saturated heterocycles. The van der Waals surface area contributed by atoms with Gasteiger partial charge in [0.05, 0.1) is 21.6 Å². The van der Waals surface area contributed by atoms with E-state index < -0.39 is 26.6 Å². The zero-order valence-electron chi connectivity index (χ0n) is 16.8. The van der Waals surface area contributed by atoms with Gasteiger partial charge in [0.25, 0.3) is 10.0 Å². The van der Waals surface area contributed by atoms with E-state index in [0.29, 0.717) is 12.1 Å². The molecule has 0 aliphatic carbocycles. The fraction of sp³-hybridized carbons (Fsp3) is 0.190. The van der Waals surface area contributed by atoms with E-state index in [-0.39, 0.29) is 34.3 Å². The monoisotopic (exact) mass is 531 g/mol. The summed E-state index contributed by atoms with van der Waals surface area (Å²) in [6.07, 6.45) is 2.71. The maximum Gasteiger partial charge on any atom is 0.266 e. The molecule has 1 aromatic heterocycles. The number of aromatic nitrogens is 1. The lowest BCUT2D eigenvalue weighted by atomic mass is 9.95. The second kappa shape index (κ2) is 9.94. The van der Waals surface area contributed by atoms with Gasteiger partial charge in [-0.1, -0.05) is 35.3 Å². The van der Waals surface area contributed by atoms with Gasteiger partial charge in [0.2, 0.25) is 0 Å². The first kappa shape index (κ1) is 23.9. The van der Waals surface area contributed by atoms with Crippen molar-refractivity contribution in [2.75, 3.05) is 17.9 Å². The highest BCUT2D eigenvalue weighted by Crippen LogP contribution is 2.32. The zero-order valence-corrected chi connectivity index (χ0v) is 20.0. The number of halogens is 4. The summed E-state index contributed by atoms with van der Waals surface area (Å²) in [6.45, 7) is 0.730. The quantitative estimate of drug-likeness (QED) is 0.429. The van der Waals surface area contributed by atoms with E-state index in [0.717, 1.165) is 24.1 Å². The SMILES string of the molecule is O=S(=O)(Nc1cscn1)c1cc(Cl)c(OCC2NCCC=C2c2ccc(Cl)c(F)c2)cc1F. The molecule has 1 unspecified atom stereocenters. The highest BCUT2D eigenvalue weighted by Gasteiger charge is 2.24. The molecule has 0 spiro atoms. The van der Waals surface area contributed by atoms with Crippen LogP contribution in [-0.2, 0) is 10.0 Å². The second-order valence-electron chi connectivity index (χ2n) is 7.09. The average molecular weight is 532 g/mol. The molecule has 0 fully saturated rings. The van der Waals surface area contributed by atoms with Gasteiger partial charge >= 0.3 is 0 Å². The number of rotatable bonds is 7. The summed E-state index contributed by atoms with van der Waals surface area (Å²) in [5, 5.41) is 4.70. The molecule has 2 N–H and O–H groups in total. The van der Waals surface area contributed by atoms with Crippen molar-refractivity contribution >= 4 is 56.0 Å². The molecule has 6 nitrogen and oxygen atoms in total. The van der Waals surface area contributed by atoms with E-state index in [1.165, 1.54) is 34.4 Å². The summed E-state index contributed by atoms with van der Waals surface area (Å²) >= 11 is 13.2. The Morgan fingerprint density at radius 3 is 2.73 bits per heavy atom. The molecule has 1 aliphatic rings. The Morgan fingerprint density at radius 1 is 1.18 bits per heavy atom. The van der Waals surface area contributed by atoms with Gasteiger partial charge in [0.15, 0.2) is 5.82 Å². The molecule has 0 radical (unpaired) electrons. The molecule has 174 valence electrons. The minimum absolute atomic E-state index is 0.0178. The molecule has 0 saturated carbocycles. The van der Waals surface area contributed by atoms with E-state index in [4.69, 9.17) is 27.9 Å². The van der Waals surface area contributed by atoms with Crippen molar-refractivity contribution in [3.8, 4) is 5.75 Å². The van der Waals surface area contributed by atoms with Crippen LogP contribution in [0.1, 0.15) is 12.0 Å². The smallest absolute Gasteiger partial charge is 0.266 e. The molecule has 3 aromatic rings. The molecule has 1 atom stereocenters. The van der Waals surface area contributed by atoms with Crippen molar-refractivity contribution in [3.05, 3.63) is 74.5 Å². The fourth-order valence-electron chi connectivity index (χ4n) is 3.34. The van der Waals surface area contributed by atoms with Crippen LogP contribution in [0.5, 0.6) is 5.75 Å². The van der Waals surface area contributed by atoms with Crippen LogP contribution in [0.3, 0.4) is 0 Å². The van der Waals surface area contributed by atoms with Crippen LogP contribution in [0.2, 0.25) is 10.0 Å². The number of hydrogen-bond donors (Lipinski definition) is 2. The van der Waals surface area contributed by atoms with E-state index >= 15 is 0 Å². The van der Waals surface area contributed by atoms with Crippen LogP contribution >= 0.6 is 34.5 Å².